The number of anilines is 1. The molecule has 0 aliphatic heterocycles. The minimum atomic E-state index is -0.543. The number of aromatic nitrogens is 4. The van der Waals surface area contributed by atoms with E-state index in [1.165, 1.54) is 4.57 Å². The van der Waals surface area contributed by atoms with Crippen molar-refractivity contribution in [3.8, 4) is 0 Å². The SMILES string of the molecule is CCn1cc2c(n1)c(=O)n(Cc1ccccc1)c(=O)n2CC(=O)Nc1c(C)cccc1C. The first-order chi connectivity index (χ1) is 15.4. The molecule has 4 rings (SSSR count). The molecule has 0 saturated carbocycles. The van der Waals surface area contributed by atoms with Gasteiger partial charge in [0.2, 0.25) is 5.91 Å². The van der Waals surface area contributed by atoms with Crippen molar-refractivity contribution >= 4 is 22.6 Å². The third kappa shape index (κ3) is 3.99. The molecule has 0 atom stereocenters. The quantitative estimate of drug-likeness (QED) is 0.508. The van der Waals surface area contributed by atoms with Crippen molar-refractivity contribution in [2.24, 2.45) is 0 Å². The van der Waals surface area contributed by atoms with Crippen LogP contribution in [0.5, 0.6) is 0 Å². The van der Waals surface area contributed by atoms with Crippen molar-refractivity contribution in [3.05, 3.63) is 92.3 Å². The fourth-order valence-electron chi connectivity index (χ4n) is 3.78. The van der Waals surface area contributed by atoms with Crippen LogP contribution in [0.2, 0.25) is 0 Å². The summed E-state index contributed by atoms with van der Waals surface area (Å²) in [5, 5.41) is 7.26. The van der Waals surface area contributed by atoms with E-state index in [0.29, 0.717) is 12.1 Å². The minimum Gasteiger partial charge on any atom is -0.324 e. The fourth-order valence-corrected chi connectivity index (χ4v) is 3.78. The van der Waals surface area contributed by atoms with E-state index in [-0.39, 0.29) is 24.5 Å². The third-order valence-corrected chi connectivity index (χ3v) is 5.50. The molecule has 8 heteroatoms. The molecule has 0 spiro atoms. The summed E-state index contributed by atoms with van der Waals surface area (Å²) < 4.78 is 4.05. The molecule has 4 aromatic rings. The van der Waals surface area contributed by atoms with Crippen LogP contribution in [-0.2, 0) is 24.4 Å². The highest BCUT2D eigenvalue weighted by Crippen LogP contribution is 2.19. The van der Waals surface area contributed by atoms with Gasteiger partial charge in [0.05, 0.1) is 12.1 Å². The maximum absolute atomic E-state index is 13.3. The minimum absolute atomic E-state index is 0.103. The maximum Gasteiger partial charge on any atom is 0.332 e. The van der Waals surface area contributed by atoms with E-state index in [2.05, 4.69) is 10.4 Å². The predicted molar refractivity (Wildman–Crippen MR) is 124 cm³/mol. The second-order valence-corrected chi connectivity index (χ2v) is 7.78. The Morgan fingerprint density at radius 3 is 2.31 bits per heavy atom. The zero-order chi connectivity index (χ0) is 22.8. The van der Waals surface area contributed by atoms with Crippen LogP contribution < -0.4 is 16.6 Å². The highest BCUT2D eigenvalue weighted by atomic mass is 16.2. The fraction of sp³-hybridized carbons (Fsp3) is 0.250. The van der Waals surface area contributed by atoms with Crippen molar-refractivity contribution in [2.45, 2.75) is 40.4 Å². The van der Waals surface area contributed by atoms with Crippen LogP contribution in [0.3, 0.4) is 0 Å². The van der Waals surface area contributed by atoms with Gasteiger partial charge in [-0.05, 0) is 37.5 Å². The van der Waals surface area contributed by atoms with Gasteiger partial charge in [0.1, 0.15) is 6.54 Å². The smallest absolute Gasteiger partial charge is 0.324 e. The number of hydrogen-bond acceptors (Lipinski definition) is 4. The molecular weight excluding hydrogens is 406 g/mol. The molecule has 0 bridgehead atoms. The summed E-state index contributed by atoms with van der Waals surface area (Å²) in [5.41, 5.74) is 2.92. The average Bonchev–Trinajstić information content (AvgIpc) is 3.22. The van der Waals surface area contributed by atoms with E-state index < -0.39 is 11.2 Å². The van der Waals surface area contributed by atoms with Gasteiger partial charge in [-0.1, -0.05) is 48.5 Å². The molecular formula is C24H25N5O3. The second-order valence-electron chi connectivity index (χ2n) is 7.78. The number of hydrogen-bond donors (Lipinski definition) is 1. The number of aryl methyl sites for hydroxylation is 3. The van der Waals surface area contributed by atoms with Crippen LogP contribution in [0, 0.1) is 13.8 Å². The van der Waals surface area contributed by atoms with Crippen LogP contribution in [-0.4, -0.2) is 24.8 Å². The van der Waals surface area contributed by atoms with E-state index in [9.17, 15) is 14.4 Å². The van der Waals surface area contributed by atoms with Gasteiger partial charge in [0.25, 0.3) is 5.56 Å². The number of rotatable bonds is 6. The van der Waals surface area contributed by atoms with Crippen LogP contribution in [0.15, 0.2) is 64.3 Å². The molecule has 0 unspecified atom stereocenters. The van der Waals surface area contributed by atoms with Gasteiger partial charge in [-0.3, -0.25) is 23.4 Å². The monoisotopic (exact) mass is 431 g/mol. The van der Waals surface area contributed by atoms with Crippen LogP contribution in [0.4, 0.5) is 5.69 Å². The number of nitrogens with one attached hydrogen (secondary N) is 1. The Morgan fingerprint density at radius 2 is 1.66 bits per heavy atom. The van der Waals surface area contributed by atoms with E-state index in [1.807, 2.05) is 69.3 Å². The number of benzene rings is 2. The van der Waals surface area contributed by atoms with Gasteiger partial charge in [0.15, 0.2) is 5.52 Å². The summed E-state index contributed by atoms with van der Waals surface area (Å²) in [7, 11) is 0. The first-order valence-electron chi connectivity index (χ1n) is 10.5. The molecule has 0 fully saturated rings. The molecule has 1 N–H and O–H groups in total. The zero-order valence-corrected chi connectivity index (χ0v) is 18.3. The van der Waals surface area contributed by atoms with Crippen molar-refractivity contribution in [1.82, 2.24) is 18.9 Å². The van der Waals surface area contributed by atoms with Crippen molar-refractivity contribution in [2.75, 3.05) is 5.32 Å². The van der Waals surface area contributed by atoms with E-state index in [4.69, 9.17) is 0 Å². The van der Waals surface area contributed by atoms with Gasteiger partial charge in [0, 0.05) is 18.4 Å². The molecule has 164 valence electrons. The molecule has 0 aliphatic rings. The Bertz CT molecular complexity index is 1390. The third-order valence-electron chi connectivity index (χ3n) is 5.50. The highest BCUT2D eigenvalue weighted by molar-refractivity contribution is 5.93. The van der Waals surface area contributed by atoms with Crippen LogP contribution in [0.1, 0.15) is 23.6 Å². The Morgan fingerprint density at radius 1 is 0.969 bits per heavy atom. The lowest BCUT2D eigenvalue weighted by Crippen LogP contribution is -2.42. The standard InChI is InChI=1S/C24H25N5O3/c1-4-27-14-19-22(26-27)23(31)29(13-18-11-6-5-7-12-18)24(32)28(19)15-20(30)25-21-16(2)9-8-10-17(21)3/h5-12,14H,4,13,15H2,1-3H3,(H,25,30). The molecule has 1 amide bonds. The van der Waals surface area contributed by atoms with Crippen molar-refractivity contribution in [1.29, 1.82) is 0 Å². The van der Waals surface area contributed by atoms with Gasteiger partial charge >= 0.3 is 5.69 Å². The second kappa shape index (κ2) is 8.66. The lowest BCUT2D eigenvalue weighted by atomic mass is 10.1. The lowest BCUT2D eigenvalue weighted by Gasteiger charge is -2.14. The van der Waals surface area contributed by atoms with Crippen molar-refractivity contribution < 1.29 is 4.79 Å². The molecule has 0 saturated heterocycles. The zero-order valence-electron chi connectivity index (χ0n) is 18.3. The molecule has 2 aromatic heterocycles. The number of nitrogens with zero attached hydrogens (tertiary/aromatic N) is 4. The Balaban J connectivity index is 1.79. The topological polar surface area (TPSA) is 90.9 Å². The molecule has 32 heavy (non-hydrogen) atoms. The maximum atomic E-state index is 13.3. The van der Waals surface area contributed by atoms with E-state index in [1.54, 1.807) is 10.9 Å². The van der Waals surface area contributed by atoms with Crippen LogP contribution >= 0.6 is 0 Å². The first kappa shape index (κ1) is 21.3. The number of fused-ring (bicyclic) bond motifs is 1. The largest absolute Gasteiger partial charge is 0.332 e. The summed E-state index contributed by atoms with van der Waals surface area (Å²) in [6.07, 6.45) is 1.64. The summed E-state index contributed by atoms with van der Waals surface area (Å²) in [4.78, 5) is 39.3. The summed E-state index contributed by atoms with van der Waals surface area (Å²) >= 11 is 0. The summed E-state index contributed by atoms with van der Waals surface area (Å²) in [5.74, 6) is -0.347. The Labute approximate surface area is 184 Å². The predicted octanol–water partition coefficient (Wildman–Crippen LogP) is 2.68. The molecule has 0 aliphatic carbocycles. The number of carbonyl (C=O) groups is 1. The van der Waals surface area contributed by atoms with Gasteiger partial charge in [-0.2, -0.15) is 5.10 Å². The molecule has 2 heterocycles. The van der Waals surface area contributed by atoms with Crippen molar-refractivity contribution in [3.63, 3.8) is 0 Å². The Hall–Kier alpha value is -3.94. The highest BCUT2D eigenvalue weighted by Gasteiger charge is 2.19. The van der Waals surface area contributed by atoms with Gasteiger partial charge in [-0.15, -0.1) is 0 Å². The number of carbonyl (C=O) groups excluding carboxylic acids is 1. The average molecular weight is 431 g/mol. The Kier molecular flexibility index (Phi) is 5.77. The van der Waals surface area contributed by atoms with E-state index >= 15 is 0 Å². The summed E-state index contributed by atoms with van der Waals surface area (Å²) in [6.45, 7) is 6.14. The molecule has 0 radical (unpaired) electrons. The number of para-hydroxylation sites is 1. The number of amides is 1. The van der Waals surface area contributed by atoms with Crippen LogP contribution in [0.25, 0.3) is 11.0 Å². The normalized spacial score (nSPS) is 11.1. The van der Waals surface area contributed by atoms with Gasteiger partial charge in [-0.25, -0.2) is 4.79 Å². The molecule has 2 aromatic carbocycles. The molecule has 8 nitrogen and oxygen atoms in total. The summed E-state index contributed by atoms with van der Waals surface area (Å²) in [6, 6.07) is 15.0. The first-order valence-corrected chi connectivity index (χ1v) is 10.5. The lowest BCUT2D eigenvalue weighted by molar-refractivity contribution is -0.116. The van der Waals surface area contributed by atoms with Gasteiger partial charge < -0.3 is 5.32 Å². The van der Waals surface area contributed by atoms with E-state index in [0.717, 1.165) is 26.9 Å².